The average Bonchev–Trinajstić information content (AvgIpc) is 3.33. The number of nitrogens with one attached hydrogen (secondary N) is 4. The van der Waals surface area contributed by atoms with Crippen molar-refractivity contribution in [3.8, 4) is 0 Å². The summed E-state index contributed by atoms with van der Waals surface area (Å²) in [6.07, 6.45) is 2.98. The van der Waals surface area contributed by atoms with Crippen molar-refractivity contribution in [2.24, 2.45) is 17.2 Å². The van der Waals surface area contributed by atoms with Gasteiger partial charge in [-0.2, -0.15) is 11.8 Å². The Balaban J connectivity index is 2.30. The van der Waals surface area contributed by atoms with Crippen LogP contribution in [0.15, 0.2) is 30.5 Å². The Morgan fingerprint density at radius 1 is 0.854 bits per heavy atom. The van der Waals surface area contributed by atoms with Crippen LogP contribution in [0.5, 0.6) is 0 Å². The zero-order valence-corrected chi connectivity index (χ0v) is 23.5. The van der Waals surface area contributed by atoms with Crippen molar-refractivity contribution in [1.82, 2.24) is 20.9 Å². The van der Waals surface area contributed by atoms with E-state index in [4.69, 9.17) is 17.2 Å². The number of H-pyrrole nitrogens is 1. The maximum absolute atomic E-state index is 13.4. The lowest BCUT2D eigenvalue weighted by atomic mass is 10.0. The van der Waals surface area contributed by atoms with E-state index in [1.807, 2.05) is 24.3 Å². The van der Waals surface area contributed by atoms with Gasteiger partial charge in [0.15, 0.2) is 0 Å². The Labute approximate surface area is 240 Å². The molecular formula is C26H37N7O7S. The van der Waals surface area contributed by atoms with Gasteiger partial charge in [-0.1, -0.05) is 18.2 Å². The molecule has 14 nitrogen and oxygen atoms in total. The van der Waals surface area contributed by atoms with E-state index >= 15 is 0 Å². The lowest BCUT2D eigenvalue weighted by Crippen LogP contribution is -2.57. The summed E-state index contributed by atoms with van der Waals surface area (Å²) < 4.78 is 0. The number of primary amides is 2. The average molecular weight is 592 g/mol. The van der Waals surface area contributed by atoms with Crippen LogP contribution in [0.4, 0.5) is 0 Å². The number of aliphatic carboxylic acids is 1. The van der Waals surface area contributed by atoms with Crippen LogP contribution in [-0.4, -0.2) is 81.8 Å². The molecule has 4 unspecified atom stereocenters. The minimum absolute atomic E-state index is 0.00886. The van der Waals surface area contributed by atoms with Gasteiger partial charge in [-0.25, -0.2) is 4.79 Å². The lowest BCUT2D eigenvalue weighted by molar-refractivity contribution is -0.142. The molecule has 224 valence electrons. The second-order valence-corrected chi connectivity index (χ2v) is 10.5. The third kappa shape index (κ3) is 10.8. The molecule has 1 aromatic carbocycles. The number of carboxylic acid groups (broad SMARTS) is 1. The Morgan fingerprint density at radius 3 is 2.07 bits per heavy atom. The zero-order valence-electron chi connectivity index (χ0n) is 22.7. The highest BCUT2D eigenvalue weighted by atomic mass is 32.2. The molecule has 11 N–H and O–H groups in total. The monoisotopic (exact) mass is 591 g/mol. The van der Waals surface area contributed by atoms with Gasteiger partial charge in [0, 0.05) is 36.4 Å². The van der Waals surface area contributed by atoms with Gasteiger partial charge in [-0.05, 0) is 42.9 Å². The van der Waals surface area contributed by atoms with Gasteiger partial charge in [0.25, 0.3) is 0 Å². The van der Waals surface area contributed by atoms with E-state index in [9.17, 15) is 33.9 Å². The molecule has 0 saturated carbocycles. The quantitative estimate of drug-likeness (QED) is 0.104. The van der Waals surface area contributed by atoms with Crippen LogP contribution in [-0.2, 0) is 35.2 Å². The van der Waals surface area contributed by atoms with E-state index in [2.05, 4.69) is 20.9 Å². The lowest BCUT2D eigenvalue weighted by Gasteiger charge is -2.25. The number of carboxylic acids is 1. The molecule has 0 spiro atoms. The van der Waals surface area contributed by atoms with Gasteiger partial charge in [0.2, 0.25) is 29.5 Å². The Bertz CT molecular complexity index is 1250. The van der Waals surface area contributed by atoms with Gasteiger partial charge in [0.1, 0.15) is 18.1 Å². The number of hydrogen-bond acceptors (Lipinski definition) is 8. The molecule has 0 saturated heterocycles. The number of carbonyl (C=O) groups is 6. The number of hydrogen-bond donors (Lipinski definition) is 8. The Morgan fingerprint density at radius 2 is 1.44 bits per heavy atom. The van der Waals surface area contributed by atoms with Crippen LogP contribution in [0.2, 0.25) is 0 Å². The standard InChI is InChI=1S/C26H37N7O7S/c1-41-11-10-19(26(39)40)32-25(38)20(12-14-13-30-17-5-3-2-4-15(14)17)33-24(37)18(7-9-22(29)35)31-23(36)16(27)6-8-21(28)34/h2-5,13,16,18-20,30H,6-12,27H2,1H3,(H2,28,34)(H2,29,35)(H,31,36)(H,32,38)(H,33,37)(H,39,40). The van der Waals surface area contributed by atoms with Crippen molar-refractivity contribution >= 4 is 58.2 Å². The summed E-state index contributed by atoms with van der Waals surface area (Å²) in [7, 11) is 0. The highest BCUT2D eigenvalue weighted by molar-refractivity contribution is 7.98. The van der Waals surface area contributed by atoms with Gasteiger partial charge < -0.3 is 43.2 Å². The molecule has 0 aliphatic heterocycles. The van der Waals surface area contributed by atoms with E-state index in [0.29, 0.717) is 11.3 Å². The van der Waals surface area contributed by atoms with Crippen molar-refractivity contribution in [2.45, 2.75) is 62.7 Å². The first-order chi connectivity index (χ1) is 19.4. The molecule has 1 heterocycles. The first kappa shape index (κ1) is 33.1. The van der Waals surface area contributed by atoms with Gasteiger partial charge >= 0.3 is 5.97 Å². The number of nitrogens with two attached hydrogens (primary N) is 3. The number of carbonyl (C=O) groups excluding carboxylic acids is 5. The third-order valence-corrected chi connectivity index (χ3v) is 6.95. The fraction of sp³-hybridized carbons (Fsp3) is 0.462. The van der Waals surface area contributed by atoms with Crippen molar-refractivity contribution in [1.29, 1.82) is 0 Å². The largest absolute Gasteiger partial charge is 0.480 e. The molecule has 0 aliphatic rings. The van der Waals surface area contributed by atoms with Crippen molar-refractivity contribution < 1.29 is 33.9 Å². The molecular weight excluding hydrogens is 554 g/mol. The molecule has 2 aromatic rings. The topological polar surface area (TPSA) is 253 Å². The fourth-order valence-electron chi connectivity index (χ4n) is 4.03. The summed E-state index contributed by atoms with van der Waals surface area (Å²) in [4.78, 5) is 76.7. The number of benzene rings is 1. The summed E-state index contributed by atoms with van der Waals surface area (Å²) in [5.74, 6) is -4.43. The zero-order chi connectivity index (χ0) is 30.5. The van der Waals surface area contributed by atoms with Crippen LogP contribution in [0.25, 0.3) is 10.9 Å². The highest BCUT2D eigenvalue weighted by Gasteiger charge is 2.31. The maximum atomic E-state index is 13.4. The summed E-state index contributed by atoms with van der Waals surface area (Å²) >= 11 is 1.42. The van der Waals surface area contributed by atoms with E-state index in [1.54, 1.807) is 12.5 Å². The molecule has 0 radical (unpaired) electrons. The predicted octanol–water partition coefficient (Wildman–Crippen LogP) is -1.14. The van der Waals surface area contributed by atoms with Crippen LogP contribution in [0, 0.1) is 0 Å². The number of aromatic amines is 1. The van der Waals surface area contributed by atoms with Gasteiger partial charge in [-0.15, -0.1) is 0 Å². The predicted molar refractivity (Wildman–Crippen MR) is 153 cm³/mol. The number of rotatable bonds is 18. The highest BCUT2D eigenvalue weighted by Crippen LogP contribution is 2.19. The first-order valence-corrected chi connectivity index (χ1v) is 14.3. The molecule has 5 amide bonds. The molecule has 0 bridgehead atoms. The number of para-hydroxylation sites is 1. The number of aromatic nitrogens is 1. The van der Waals surface area contributed by atoms with E-state index in [0.717, 1.165) is 10.9 Å². The minimum atomic E-state index is -1.31. The first-order valence-electron chi connectivity index (χ1n) is 12.9. The molecule has 15 heteroatoms. The summed E-state index contributed by atoms with van der Waals surface area (Å²) in [6.45, 7) is 0. The van der Waals surface area contributed by atoms with Gasteiger partial charge in [-0.3, -0.25) is 24.0 Å². The molecule has 1 aromatic heterocycles. The molecule has 41 heavy (non-hydrogen) atoms. The smallest absolute Gasteiger partial charge is 0.326 e. The normalized spacial score (nSPS) is 13.9. The Hall–Kier alpha value is -4.11. The molecule has 0 aliphatic carbocycles. The van der Waals surface area contributed by atoms with Crippen molar-refractivity contribution in [3.63, 3.8) is 0 Å². The van der Waals surface area contributed by atoms with E-state index in [-0.39, 0.29) is 38.5 Å². The number of amides is 5. The van der Waals surface area contributed by atoms with Crippen LogP contribution in [0.3, 0.4) is 0 Å². The fourth-order valence-corrected chi connectivity index (χ4v) is 4.50. The summed E-state index contributed by atoms with van der Waals surface area (Å²) in [6, 6.07) is 2.42. The number of thioether (sulfide) groups is 1. The van der Waals surface area contributed by atoms with E-state index in [1.165, 1.54) is 11.8 Å². The van der Waals surface area contributed by atoms with Gasteiger partial charge in [0.05, 0.1) is 6.04 Å². The molecule has 0 fully saturated rings. The maximum Gasteiger partial charge on any atom is 0.326 e. The number of fused-ring (bicyclic) bond motifs is 1. The van der Waals surface area contributed by atoms with E-state index < -0.39 is 59.7 Å². The second kappa shape index (κ2) is 16.2. The Kier molecular flexibility index (Phi) is 13.1. The second-order valence-electron chi connectivity index (χ2n) is 9.48. The van der Waals surface area contributed by atoms with Crippen LogP contribution in [0.1, 0.15) is 37.7 Å². The summed E-state index contributed by atoms with van der Waals surface area (Å²) in [5, 5.41) is 17.9. The van der Waals surface area contributed by atoms with Crippen LogP contribution < -0.4 is 33.2 Å². The summed E-state index contributed by atoms with van der Waals surface area (Å²) in [5.41, 5.74) is 17.6. The van der Waals surface area contributed by atoms with Crippen molar-refractivity contribution in [2.75, 3.05) is 12.0 Å². The minimum Gasteiger partial charge on any atom is -0.480 e. The molecule has 4 atom stereocenters. The van der Waals surface area contributed by atoms with Crippen LogP contribution >= 0.6 is 11.8 Å². The van der Waals surface area contributed by atoms with Crippen molar-refractivity contribution in [3.05, 3.63) is 36.0 Å². The molecule has 2 rings (SSSR count). The third-order valence-electron chi connectivity index (χ3n) is 6.31. The SMILES string of the molecule is CSCCC(NC(=O)C(Cc1c[nH]c2ccccc12)NC(=O)C(CCC(N)=O)NC(=O)C(N)CCC(N)=O)C(=O)O.